The molecule has 0 fully saturated rings. The molecule has 0 saturated heterocycles. The van der Waals surface area contributed by atoms with Crippen LogP contribution in [0.4, 0.5) is 5.82 Å². The number of hydrogen-bond donors (Lipinski definition) is 1. The zero-order valence-electron chi connectivity index (χ0n) is 16.8. The lowest BCUT2D eigenvalue weighted by Gasteiger charge is -2.11. The number of aromatic nitrogens is 3. The van der Waals surface area contributed by atoms with Crippen LogP contribution < -0.4 is 5.32 Å². The van der Waals surface area contributed by atoms with Gasteiger partial charge >= 0.3 is 0 Å². The van der Waals surface area contributed by atoms with Crippen LogP contribution in [0.3, 0.4) is 0 Å². The highest BCUT2D eigenvalue weighted by Gasteiger charge is 2.11. The van der Waals surface area contributed by atoms with E-state index in [9.17, 15) is 0 Å². The fraction of sp³-hybridized carbons (Fsp3) is 0.0385. The smallest absolute Gasteiger partial charge is 0.162 e. The van der Waals surface area contributed by atoms with Gasteiger partial charge in [0.15, 0.2) is 5.82 Å². The summed E-state index contributed by atoms with van der Waals surface area (Å²) < 4.78 is 0. The van der Waals surface area contributed by atoms with Crippen molar-refractivity contribution in [2.24, 2.45) is 0 Å². The van der Waals surface area contributed by atoms with E-state index in [0.29, 0.717) is 12.4 Å². The highest BCUT2D eigenvalue weighted by molar-refractivity contribution is 7.13. The summed E-state index contributed by atoms with van der Waals surface area (Å²) in [5.41, 5.74) is 5.08. The minimum absolute atomic E-state index is 0.690. The monoisotopic (exact) mass is 420 g/mol. The topological polar surface area (TPSA) is 50.7 Å². The molecule has 0 radical (unpaired) electrons. The molecular weight excluding hydrogens is 400 g/mol. The van der Waals surface area contributed by atoms with Crippen LogP contribution in [0.5, 0.6) is 0 Å². The van der Waals surface area contributed by atoms with E-state index in [1.165, 1.54) is 10.4 Å². The van der Waals surface area contributed by atoms with E-state index in [-0.39, 0.29) is 0 Å². The normalized spacial score (nSPS) is 10.7. The molecule has 150 valence electrons. The molecule has 1 N–H and O–H groups in total. The first kappa shape index (κ1) is 19.2. The maximum atomic E-state index is 4.86. The Hall–Kier alpha value is -3.83. The average Bonchev–Trinajstić information content (AvgIpc) is 3.39. The van der Waals surface area contributed by atoms with Crippen LogP contribution in [0.15, 0.2) is 103 Å². The molecule has 0 amide bonds. The number of anilines is 1. The molecule has 5 rings (SSSR count). The van der Waals surface area contributed by atoms with Crippen molar-refractivity contribution in [2.45, 2.75) is 6.54 Å². The second-order valence-corrected chi connectivity index (χ2v) is 8.05. The molecule has 31 heavy (non-hydrogen) atoms. The second kappa shape index (κ2) is 8.90. The van der Waals surface area contributed by atoms with Crippen LogP contribution in [0, 0.1) is 0 Å². The van der Waals surface area contributed by atoms with Crippen LogP contribution in [0.2, 0.25) is 0 Å². The molecule has 0 aliphatic carbocycles. The first-order chi connectivity index (χ1) is 15.3. The van der Waals surface area contributed by atoms with Crippen LogP contribution in [0.1, 0.15) is 5.56 Å². The summed E-state index contributed by atoms with van der Waals surface area (Å²) in [7, 11) is 0. The summed E-state index contributed by atoms with van der Waals surface area (Å²) in [4.78, 5) is 15.3. The van der Waals surface area contributed by atoms with Gasteiger partial charge in [-0.25, -0.2) is 9.97 Å². The number of hydrogen-bond acceptors (Lipinski definition) is 5. The largest absolute Gasteiger partial charge is 0.366 e. The van der Waals surface area contributed by atoms with Gasteiger partial charge in [0.05, 0.1) is 5.69 Å². The molecule has 5 aromatic rings. The predicted molar refractivity (Wildman–Crippen MR) is 128 cm³/mol. The molecule has 3 heterocycles. The minimum atomic E-state index is 0.690. The van der Waals surface area contributed by atoms with Crippen molar-refractivity contribution in [1.29, 1.82) is 0 Å². The minimum Gasteiger partial charge on any atom is -0.366 e. The Morgan fingerprint density at radius 3 is 2.26 bits per heavy atom. The molecule has 0 aliphatic rings. The van der Waals surface area contributed by atoms with E-state index in [1.807, 2.05) is 67.0 Å². The summed E-state index contributed by atoms with van der Waals surface area (Å²) in [6, 6.07) is 28.6. The van der Waals surface area contributed by atoms with Crippen molar-refractivity contribution in [1.82, 2.24) is 15.0 Å². The number of pyridine rings is 1. The Balaban J connectivity index is 1.54. The summed E-state index contributed by atoms with van der Waals surface area (Å²) in [6.07, 6.45) is 3.75. The lowest BCUT2D eigenvalue weighted by Crippen LogP contribution is -2.04. The zero-order chi connectivity index (χ0) is 20.9. The van der Waals surface area contributed by atoms with Gasteiger partial charge in [0.25, 0.3) is 0 Å². The highest BCUT2D eigenvalue weighted by Crippen LogP contribution is 2.29. The van der Waals surface area contributed by atoms with Gasteiger partial charge in [0.2, 0.25) is 0 Å². The van der Waals surface area contributed by atoms with Gasteiger partial charge in [-0.05, 0) is 23.1 Å². The van der Waals surface area contributed by atoms with Gasteiger partial charge in [-0.3, -0.25) is 4.98 Å². The van der Waals surface area contributed by atoms with E-state index < -0.39 is 0 Å². The van der Waals surface area contributed by atoms with Crippen molar-refractivity contribution >= 4 is 17.2 Å². The van der Waals surface area contributed by atoms with Crippen molar-refractivity contribution in [3.8, 4) is 33.1 Å². The first-order valence-electron chi connectivity index (χ1n) is 10.1. The van der Waals surface area contributed by atoms with Crippen LogP contribution in [-0.4, -0.2) is 15.0 Å². The van der Waals surface area contributed by atoms with E-state index in [1.54, 1.807) is 11.3 Å². The number of nitrogens with zero attached hydrogens (tertiary/aromatic N) is 3. The molecular formula is C26H20N4S. The van der Waals surface area contributed by atoms with Crippen molar-refractivity contribution in [3.05, 3.63) is 108 Å². The molecule has 0 unspecified atom stereocenters. The third-order valence-electron chi connectivity index (χ3n) is 4.91. The average molecular weight is 421 g/mol. The molecule has 0 saturated carbocycles. The summed E-state index contributed by atoms with van der Waals surface area (Å²) >= 11 is 1.70. The summed E-state index contributed by atoms with van der Waals surface area (Å²) in [5.74, 6) is 1.48. The molecule has 0 spiro atoms. The third-order valence-corrected chi connectivity index (χ3v) is 5.83. The predicted octanol–water partition coefficient (Wildman–Crippen LogP) is 6.55. The summed E-state index contributed by atoms with van der Waals surface area (Å²) in [6.45, 7) is 0.693. The van der Waals surface area contributed by atoms with E-state index >= 15 is 0 Å². The van der Waals surface area contributed by atoms with Crippen molar-refractivity contribution in [2.75, 3.05) is 5.32 Å². The zero-order valence-corrected chi connectivity index (χ0v) is 17.6. The van der Waals surface area contributed by atoms with Gasteiger partial charge in [-0.1, -0.05) is 66.7 Å². The Bertz CT molecular complexity index is 1270. The van der Waals surface area contributed by atoms with Gasteiger partial charge < -0.3 is 5.32 Å². The summed E-state index contributed by atoms with van der Waals surface area (Å²) in [5, 5.41) is 5.53. The molecule has 2 aromatic carbocycles. The lowest BCUT2D eigenvalue weighted by atomic mass is 10.1. The van der Waals surface area contributed by atoms with Crippen LogP contribution in [-0.2, 0) is 6.54 Å². The molecule has 0 bridgehead atoms. The van der Waals surface area contributed by atoms with Gasteiger partial charge in [-0.15, -0.1) is 11.3 Å². The van der Waals surface area contributed by atoms with Gasteiger partial charge in [0.1, 0.15) is 5.82 Å². The van der Waals surface area contributed by atoms with E-state index in [2.05, 4.69) is 46.0 Å². The first-order valence-corrected chi connectivity index (χ1v) is 10.9. The van der Waals surface area contributed by atoms with E-state index in [4.69, 9.17) is 9.97 Å². The SMILES string of the molecule is c1ccc(CNc2cc(-c3cncc(-c4cccs4)c3)nc(-c3ccccc3)n2)cc1. The standard InChI is InChI=1S/C26H20N4S/c1-3-8-19(9-4-1)16-28-25-15-23(29-26(30-25)20-10-5-2-6-11-20)21-14-22(18-27-17-21)24-12-7-13-31-24/h1-15,17-18H,16H2,(H,28,29,30). The Morgan fingerprint density at radius 2 is 1.48 bits per heavy atom. The van der Waals surface area contributed by atoms with Gasteiger partial charge in [0, 0.05) is 46.6 Å². The molecule has 0 atom stereocenters. The highest BCUT2D eigenvalue weighted by atomic mass is 32.1. The Kier molecular flexibility index (Phi) is 5.50. The second-order valence-electron chi connectivity index (χ2n) is 7.11. The Morgan fingerprint density at radius 1 is 0.710 bits per heavy atom. The number of benzene rings is 2. The molecule has 3 aromatic heterocycles. The molecule has 0 aliphatic heterocycles. The number of nitrogens with one attached hydrogen (secondary N) is 1. The van der Waals surface area contributed by atoms with Crippen LogP contribution >= 0.6 is 11.3 Å². The fourth-order valence-electron chi connectivity index (χ4n) is 3.35. The Labute approximate surface area is 185 Å². The fourth-order valence-corrected chi connectivity index (χ4v) is 4.06. The number of thiophene rings is 1. The van der Waals surface area contributed by atoms with Crippen LogP contribution in [0.25, 0.3) is 33.1 Å². The quantitative estimate of drug-likeness (QED) is 0.339. The third kappa shape index (κ3) is 4.52. The molecule has 5 heteroatoms. The lowest BCUT2D eigenvalue weighted by molar-refractivity contribution is 1.09. The number of rotatable bonds is 6. The maximum Gasteiger partial charge on any atom is 0.162 e. The van der Waals surface area contributed by atoms with Crippen molar-refractivity contribution in [3.63, 3.8) is 0 Å². The maximum absolute atomic E-state index is 4.86. The van der Waals surface area contributed by atoms with Gasteiger partial charge in [-0.2, -0.15) is 0 Å². The molecule has 4 nitrogen and oxygen atoms in total. The van der Waals surface area contributed by atoms with Crippen molar-refractivity contribution < 1.29 is 0 Å². The van der Waals surface area contributed by atoms with E-state index in [0.717, 1.165) is 28.2 Å².